The summed E-state index contributed by atoms with van der Waals surface area (Å²) in [5.41, 5.74) is 1.96. The van der Waals surface area contributed by atoms with Gasteiger partial charge in [0.25, 0.3) is 0 Å². The Morgan fingerprint density at radius 3 is 2.91 bits per heavy atom. The molecule has 0 bridgehead atoms. The van der Waals surface area contributed by atoms with Gasteiger partial charge in [-0.25, -0.2) is 0 Å². The van der Waals surface area contributed by atoms with Crippen LogP contribution in [0.25, 0.3) is 0 Å². The number of hydrogen-bond donors (Lipinski definition) is 0. The Morgan fingerprint density at radius 1 is 1.64 bits per heavy atom. The van der Waals surface area contributed by atoms with Gasteiger partial charge in [-0.2, -0.15) is 0 Å². The van der Waals surface area contributed by atoms with Crippen LogP contribution < -0.4 is 0 Å². The molecule has 0 radical (unpaired) electrons. The molecule has 0 spiro atoms. The van der Waals surface area contributed by atoms with Gasteiger partial charge in [-0.05, 0) is 19.2 Å². The van der Waals surface area contributed by atoms with Gasteiger partial charge >= 0.3 is 0 Å². The van der Waals surface area contributed by atoms with Crippen molar-refractivity contribution in [1.82, 2.24) is 0 Å². The number of aliphatic imine (C=N–C) groups is 1. The van der Waals surface area contributed by atoms with Crippen molar-refractivity contribution in [3.05, 3.63) is 23.4 Å². The van der Waals surface area contributed by atoms with E-state index in [1.165, 1.54) is 0 Å². The molecule has 11 heavy (non-hydrogen) atoms. The maximum absolute atomic E-state index is 11.0. The van der Waals surface area contributed by atoms with Crippen LogP contribution in [0.4, 0.5) is 0 Å². The van der Waals surface area contributed by atoms with Crippen molar-refractivity contribution in [3.8, 4) is 0 Å². The Kier molecular flexibility index (Phi) is 2.76. The molecule has 1 heterocycles. The quantitative estimate of drug-likeness (QED) is 0.572. The highest BCUT2D eigenvalue weighted by atomic mass is 32.2. The van der Waals surface area contributed by atoms with E-state index in [1.807, 2.05) is 19.1 Å². The second-order valence-corrected chi connectivity index (χ2v) is 3.82. The first-order valence-corrected chi connectivity index (χ1v) is 4.93. The molecule has 0 fully saturated rings. The maximum Gasteiger partial charge on any atom is 0.0665 e. The number of rotatable bonds is 2. The van der Waals surface area contributed by atoms with E-state index in [1.54, 1.807) is 0 Å². The summed E-state index contributed by atoms with van der Waals surface area (Å²) in [6.07, 6.45) is 3.89. The largest absolute Gasteiger partial charge is 0.268 e. The zero-order valence-electron chi connectivity index (χ0n) is 6.54. The second kappa shape index (κ2) is 3.62. The fourth-order valence-corrected chi connectivity index (χ4v) is 2.34. The fraction of sp³-hybridized carbons (Fsp3) is 0.375. The summed E-state index contributed by atoms with van der Waals surface area (Å²) < 4.78 is 11.0. The smallest absolute Gasteiger partial charge is 0.0665 e. The molecule has 0 aromatic rings. The lowest BCUT2D eigenvalue weighted by molar-refractivity contribution is 0.687. The minimum Gasteiger partial charge on any atom is -0.268 e. The van der Waals surface area contributed by atoms with Crippen LogP contribution in [0.2, 0.25) is 0 Å². The van der Waals surface area contributed by atoms with E-state index in [9.17, 15) is 4.21 Å². The molecule has 0 amide bonds. The minimum absolute atomic E-state index is 0.573. The lowest BCUT2D eigenvalue weighted by Crippen LogP contribution is -1.91. The first-order valence-electron chi connectivity index (χ1n) is 3.44. The molecule has 0 saturated heterocycles. The zero-order valence-corrected chi connectivity index (χ0v) is 7.36. The summed E-state index contributed by atoms with van der Waals surface area (Å²) in [6, 6.07) is 0. The molecule has 1 aliphatic heterocycles. The highest BCUT2D eigenvalue weighted by molar-refractivity contribution is 7.85. The average Bonchev–Trinajstić information content (AvgIpc) is 2.32. The highest BCUT2D eigenvalue weighted by Crippen LogP contribution is 2.18. The third-order valence-corrected chi connectivity index (χ3v) is 2.77. The molecule has 0 aromatic heterocycles. The van der Waals surface area contributed by atoms with Crippen molar-refractivity contribution in [1.29, 1.82) is 0 Å². The van der Waals surface area contributed by atoms with Crippen LogP contribution in [0.1, 0.15) is 6.92 Å². The first-order chi connectivity index (χ1) is 5.27. The van der Waals surface area contributed by atoms with Gasteiger partial charge in [0.2, 0.25) is 0 Å². The Balaban J connectivity index is 2.87. The van der Waals surface area contributed by atoms with Crippen LogP contribution in [0.3, 0.4) is 0 Å². The SMILES string of the molecule is C=NC1=C(/C=C\C)CS(=O)C1. The van der Waals surface area contributed by atoms with Crippen molar-refractivity contribution < 1.29 is 4.21 Å². The Labute approximate surface area is 69.2 Å². The van der Waals surface area contributed by atoms with Crippen molar-refractivity contribution in [2.75, 3.05) is 11.5 Å². The van der Waals surface area contributed by atoms with Gasteiger partial charge in [0.1, 0.15) is 0 Å². The van der Waals surface area contributed by atoms with E-state index in [-0.39, 0.29) is 0 Å². The second-order valence-electron chi connectivity index (χ2n) is 2.36. The van der Waals surface area contributed by atoms with Gasteiger partial charge < -0.3 is 0 Å². The number of hydrogen-bond acceptors (Lipinski definition) is 2. The summed E-state index contributed by atoms with van der Waals surface area (Å²) in [7, 11) is -0.743. The van der Waals surface area contributed by atoms with Gasteiger partial charge in [-0.3, -0.25) is 9.20 Å². The molecular weight excluding hydrogens is 158 g/mol. The van der Waals surface area contributed by atoms with Gasteiger partial charge in [0.05, 0.1) is 17.2 Å². The van der Waals surface area contributed by atoms with E-state index in [2.05, 4.69) is 11.7 Å². The van der Waals surface area contributed by atoms with Crippen LogP contribution in [-0.2, 0) is 10.8 Å². The van der Waals surface area contributed by atoms with Crippen LogP contribution in [0.5, 0.6) is 0 Å². The molecule has 1 aliphatic rings. The Hall–Kier alpha value is -0.700. The summed E-state index contributed by atoms with van der Waals surface area (Å²) in [5, 5.41) is 0. The topological polar surface area (TPSA) is 29.4 Å². The average molecular weight is 169 g/mol. The number of nitrogens with zero attached hydrogens (tertiary/aromatic N) is 1. The molecule has 60 valence electrons. The van der Waals surface area contributed by atoms with Crippen molar-refractivity contribution >= 4 is 17.5 Å². The van der Waals surface area contributed by atoms with E-state index < -0.39 is 10.8 Å². The van der Waals surface area contributed by atoms with Crippen LogP contribution in [-0.4, -0.2) is 22.4 Å². The minimum atomic E-state index is -0.743. The van der Waals surface area contributed by atoms with Gasteiger partial charge in [-0.15, -0.1) is 0 Å². The normalized spacial score (nSPS) is 25.0. The van der Waals surface area contributed by atoms with Gasteiger partial charge in [0, 0.05) is 10.8 Å². The lowest BCUT2D eigenvalue weighted by atomic mass is 10.2. The predicted molar refractivity (Wildman–Crippen MR) is 49.3 cm³/mol. The van der Waals surface area contributed by atoms with Crippen LogP contribution in [0, 0.1) is 0 Å². The molecule has 0 aromatic carbocycles. The maximum atomic E-state index is 11.0. The molecule has 0 saturated carbocycles. The van der Waals surface area contributed by atoms with E-state index in [0.717, 1.165) is 11.3 Å². The van der Waals surface area contributed by atoms with E-state index >= 15 is 0 Å². The third-order valence-electron chi connectivity index (χ3n) is 1.54. The summed E-state index contributed by atoms with van der Waals surface area (Å²) >= 11 is 0. The molecule has 2 nitrogen and oxygen atoms in total. The molecule has 3 heteroatoms. The summed E-state index contributed by atoms with van der Waals surface area (Å²) in [4.78, 5) is 3.82. The lowest BCUT2D eigenvalue weighted by Gasteiger charge is -1.90. The van der Waals surface area contributed by atoms with Crippen LogP contribution in [0.15, 0.2) is 28.4 Å². The molecule has 0 N–H and O–H groups in total. The summed E-state index contributed by atoms with van der Waals surface area (Å²) in [6.45, 7) is 5.37. The molecule has 1 rings (SSSR count). The summed E-state index contributed by atoms with van der Waals surface area (Å²) in [5.74, 6) is 1.21. The van der Waals surface area contributed by atoms with Gasteiger partial charge in [-0.1, -0.05) is 12.2 Å². The molecule has 1 atom stereocenters. The fourth-order valence-electron chi connectivity index (χ4n) is 1.05. The van der Waals surface area contributed by atoms with E-state index in [4.69, 9.17) is 0 Å². The Bertz CT molecular complexity index is 253. The number of allylic oxidation sites excluding steroid dienone is 2. The van der Waals surface area contributed by atoms with Crippen molar-refractivity contribution in [2.45, 2.75) is 6.92 Å². The predicted octanol–water partition coefficient (Wildman–Crippen LogP) is 1.28. The van der Waals surface area contributed by atoms with Gasteiger partial charge in [0.15, 0.2) is 0 Å². The molecular formula is C8H11NOS. The van der Waals surface area contributed by atoms with Crippen LogP contribution >= 0.6 is 0 Å². The van der Waals surface area contributed by atoms with Crippen molar-refractivity contribution in [3.63, 3.8) is 0 Å². The molecule has 0 aliphatic carbocycles. The zero-order chi connectivity index (χ0) is 8.27. The third kappa shape index (κ3) is 1.87. The van der Waals surface area contributed by atoms with Crippen molar-refractivity contribution in [2.24, 2.45) is 4.99 Å². The highest BCUT2D eigenvalue weighted by Gasteiger charge is 2.16. The Morgan fingerprint density at radius 2 is 2.36 bits per heavy atom. The monoisotopic (exact) mass is 169 g/mol. The van der Waals surface area contributed by atoms with E-state index in [0.29, 0.717) is 11.5 Å². The molecule has 1 unspecified atom stereocenters. The standard InChI is InChI=1S/C8H11NOS/c1-3-4-7-5-11(10)6-8(7)9-2/h3-4H,2,5-6H2,1H3/b4-3-. The first kappa shape index (κ1) is 8.40.